The van der Waals surface area contributed by atoms with E-state index in [1.807, 2.05) is 17.4 Å². The molecule has 32 heavy (non-hydrogen) atoms. The first kappa shape index (κ1) is 22.5. The van der Waals surface area contributed by atoms with Gasteiger partial charge < -0.3 is 15.4 Å². The summed E-state index contributed by atoms with van der Waals surface area (Å²) in [5.74, 6) is -7.17. The Labute approximate surface area is 179 Å². The second-order valence-electron chi connectivity index (χ2n) is 6.41. The van der Waals surface area contributed by atoms with Crippen molar-refractivity contribution in [3.8, 4) is 0 Å². The number of carbonyl (C=O) groups is 3. The lowest BCUT2D eigenvalue weighted by Crippen LogP contribution is -2.35. The van der Waals surface area contributed by atoms with Gasteiger partial charge in [0.1, 0.15) is 0 Å². The van der Waals surface area contributed by atoms with Crippen LogP contribution in [0.15, 0.2) is 54.7 Å². The molecule has 0 fully saturated rings. The molecule has 1 aromatic heterocycles. The lowest BCUT2D eigenvalue weighted by Gasteiger charge is -2.08. The molecule has 0 unspecified atom stereocenters. The van der Waals surface area contributed by atoms with Crippen molar-refractivity contribution in [2.24, 2.45) is 0 Å². The Bertz CT molecular complexity index is 1210. The molecule has 1 heterocycles. The number of rotatable bonds is 7. The first-order valence-corrected chi connectivity index (χ1v) is 9.24. The Kier molecular flexibility index (Phi) is 7.17. The average molecular weight is 443 g/mol. The minimum atomic E-state index is -1.73. The van der Waals surface area contributed by atoms with Crippen molar-refractivity contribution in [2.75, 3.05) is 18.5 Å². The lowest BCUT2D eigenvalue weighted by atomic mass is 10.1. The molecule has 0 aliphatic rings. The second-order valence-corrected chi connectivity index (χ2v) is 6.41. The SMILES string of the molecule is O=C(COC(=O)/C=C/c1cccc2cccnc12)NCC(=O)Nc1ccc(F)c(F)c1F. The third kappa shape index (κ3) is 5.69. The van der Waals surface area contributed by atoms with Gasteiger partial charge in [0.15, 0.2) is 24.1 Å². The molecule has 7 nitrogen and oxygen atoms in total. The van der Waals surface area contributed by atoms with Crippen LogP contribution in [0.2, 0.25) is 0 Å². The molecule has 2 aromatic carbocycles. The van der Waals surface area contributed by atoms with E-state index in [9.17, 15) is 27.6 Å². The topological polar surface area (TPSA) is 97.4 Å². The van der Waals surface area contributed by atoms with Gasteiger partial charge in [-0.15, -0.1) is 0 Å². The van der Waals surface area contributed by atoms with Crippen LogP contribution in [0.1, 0.15) is 5.56 Å². The Morgan fingerprint density at radius 2 is 1.75 bits per heavy atom. The molecule has 0 saturated heterocycles. The van der Waals surface area contributed by atoms with Crippen molar-refractivity contribution >= 4 is 40.4 Å². The molecule has 2 amide bonds. The Balaban J connectivity index is 1.45. The number of hydrogen-bond donors (Lipinski definition) is 2. The van der Waals surface area contributed by atoms with Gasteiger partial charge in [-0.05, 0) is 24.3 Å². The number of aromatic nitrogens is 1. The number of nitrogens with one attached hydrogen (secondary N) is 2. The van der Waals surface area contributed by atoms with Gasteiger partial charge in [-0.3, -0.25) is 14.6 Å². The van der Waals surface area contributed by atoms with Crippen LogP contribution in [0, 0.1) is 17.5 Å². The number of para-hydroxylation sites is 1. The van der Waals surface area contributed by atoms with E-state index in [-0.39, 0.29) is 0 Å². The summed E-state index contributed by atoms with van der Waals surface area (Å²) in [6.07, 6.45) is 4.26. The van der Waals surface area contributed by atoms with E-state index in [0.717, 1.165) is 17.5 Å². The molecule has 3 rings (SSSR count). The van der Waals surface area contributed by atoms with Crippen LogP contribution < -0.4 is 10.6 Å². The van der Waals surface area contributed by atoms with E-state index in [4.69, 9.17) is 4.74 Å². The van der Waals surface area contributed by atoms with Crippen LogP contribution in [-0.2, 0) is 19.1 Å². The molecule has 0 saturated carbocycles. The highest BCUT2D eigenvalue weighted by Crippen LogP contribution is 2.19. The predicted octanol–water partition coefficient (Wildman–Crippen LogP) is 2.96. The van der Waals surface area contributed by atoms with E-state index in [2.05, 4.69) is 10.3 Å². The summed E-state index contributed by atoms with van der Waals surface area (Å²) in [6, 6.07) is 10.6. The van der Waals surface area contributed by atoms with E-state index in [1.54, 1.807) is 24.4 Å². The van der Waals surface area contributed by atoms with Crippen LogP contribution in [-0.4, -0.2) is 35.9 Å². The molecule has 2 N–H and O–H groups in total. The molecule has 0 radical (unpaired) electrons. The monoisotopic (exact) mass is 443 g/mol. The molecule has 0 spiro atoms. The number of amides is 2. The van der Waals surface area contributed by atoms with Crippen molar-refractivity contribution in [1.29, 1.82) is 0 Å². The van der Waals surface area contributed by atoms with Crippen molar-refractivity contribution in [3.05, 3.63) is 77.8 Å². The van der Waals surface area contributed by atoms with Gasteiger partial charge >= 0.3 is 5.97 Å². The third-order valence-electron chi connectivity index (χ3n) is 4.16. The van der Waals surface area contributed by atoms with Crippen molar-refractivity contribution in [1.82, 2.24) is 10.3 Å². The first-order chi connectivity index (χ1) is 15.3. The van der Waals surface area contributed by atoms with E-state index in [0.29, 0.717) is 17.1 Å². The number of anilines is 1. The standard InChI is InChI=1S/C22H16F3N3O4/c23-15-7-8-16(21(25)20(15)24)28-17(29)11-27-18(30)12-32-19(31)9-6-14-4-1-3-13-5-2-10-26-22(13)14/h1-10H,11-12H2,(H,27,30)(H,28,29)/b9-6+. The van der Waals surface area contributed by atoms with Gasteiger partial charge in [-0.2, -0.15) is 0 Å². The number of nitrogens with zero attached hydrogens (tertiary/aromatic N) is 1. The quantitative estimate of drug-likeness (QED) is 0.333. The van der Waals surface area contributed by atoms with E-state index >= 15 is 0 Å². The van der Waals surface area contributed by atoms with Crippen molar-refractivity contribution in [3.63, 3.8) is 0 Å². The molecule has 0 atom stereocenters. The number of benzene rings is 2. The van der Waals surface area contributed by atoms with Crippen LogP contribution in [0.5, 0.6) is 0 Å². The van der Waals surface area contributed by atoms with Gasteiger partial charge in [-0.25, -0.2) is 18.0 Å². The molecule has 164 valence electrons. The minimum absolute atomic E-state index is 0.581. The number of hydrogen-bond acceptors (Lipinski definition) is 5. The fraction of sp³-hybridized carbons (Fsp3) is 0.0909. The summed E-state index contributed by atoms with van der Waals surface area (Å²) in [5.41, 5.74) is 0.800. The van der Waals surface area contributed by atoms with E-state index in [1.165, 1.54) is 6.08 Å². The highest BCUT2D eigenvalue weighted by molar-refractivity contribution is 5.96. The zero-order valence-electron chi connectivity index (χ0n) is 16.4. The molecule has 3 aromatic rings. The predicted molar refractivity (Wildman–Crippen MR) is 110 cm³/mol. The number of pyridine rings is 1. The van der Waals surface area contributed by atoms with Crippen LogP contribution in [0.25, 0.3) is 17.0 Å². The molecule has 0 aliphatic carbocycles. The van der Waals surface area contributed by atoms with Gasteiger partial charge in [0, 0.05) is 23.2 Å². The first-order valence-electron chi connectivity index (χ1n) is 9.24. The maximum Gasteiger partial charge on any atom is 0.331 e. The summed E-state index contributed by atoms with van der Waals surface area (Å²) < 4.78 is 44.4. The smallest absolute Gasteiger partial charge is 0.331 e. The van der Waals surface area contributed by atoms with Gasteiger partial charge in [0.05, 0.1) is 17.7 Å². The molecular formula is C22H16F3N3O4. The van der Waals surface area contributed by atoms with Crippen LogP contribution in [0.4, 0.5) is 18.9 Å². The summed E-state index contributed by atoms with van der Waals surface area (Å²) in [6.45, 7) is -1.27. The maximum atomic E-state index is 13.5. The molecule has 0 bridgehead atoms. The largest absolute Gasteiger partial charge is 0.452 e. The van der Waals surface area contributed by atoms with Gasteiger partial charge in [-0.1, -0.05) is 24.3 Å². The van der Waals surface area contributed by atoms with E-state index < -0.39 is 54.1 Å². The third-order valence-corrected chi connectivity index (χ3v) is 4.16. The zero-order chi connectivity index (χ0) is 23.1. The Morgan fingerprint density at radius 1 is 0.969 bits per heavy atom. The fourth-order valence-electron chi connectivity index (χ4n) is 2.65. The average Bonchev–Trinajstić information content (AvgIpc) is 2.80. The molecule has 0 aliphatic heterocycles. The zero-order valence-corrected chi connectivity index (χ0v) is 16.4. The highest BCUT2D eigenvalue weighted by Gasteiger charge is 2.15. The van der Waals surface area contributed by atoms with Crippen molar-refractivity contribution < 1.29 is 32.3 Å². The Morgan fingerprint density at radius 3 is 2.56 bits per heavy atom. The number of halogens is 3. The van der Waals surface area contributed by atoms with Gasteiger partial charge in [0.2, 0.25) is 5.91 Å². The number of esters is 1. The van der Waals surface area contributed by atoms with Crippen LogP contribution >= 0.6 is 0 Å². The van der Waals surface area contributed by atoms with Crippen molar-refractivity contribution in [2.45, 2.75) is 0 Å². The highest BCUT2D eigenvalue weighted by atomic mass is 19.2. The number of ether oxygens (including phenoxy) is 1. The summed E-state index contributed by atoms with van der Waals surface area (Å²) in [7, 11) is 0. The second kappa shape index (κ2) is 10.2. The van der Waals surface area contributed by atoms with Crippen LogP contribution in [0.3, 0.4) is 0 Å². The number of carbonyl (C=O) groups excluding carboxylic acids is 3. The van der Waals surface area contributed by atoms with Gasteiger partial charge in [0.25, 0.3) is 5.91 Å². The lowest BCUT2D eigenvalue weighted by molar-refractivity contribution is -0.143. The molecule has 10 heteroatoms. The maximum absolute atomic E-state index is 13.5. The Hall–Kier alpha value is -4.21. The molecular weight excluding hydrogens is 427 g/mol. The minimum Gasteiger partial charge on any atom is -0.452 e. The summed E-state index contributed by atoms with van der Waals surface area (Å²) in [4.78, 5) is 39.6. The summed E-state index contributed by atoms with van der Waals surface area (Å²) in [5, 5.41) is 5.03. The normalized spacial score (nSPS) is 10.8. The fourth-order valence-corrected chi connectivity index (χ4v) is 2.65. The summed E-state index contributed by atoms with van der Waals surface area (Å²) >= 11 is 0. The number of fused-ring (bicyclic) bond motifs is 1.